The fourth-order valence-electron chi connectivity index (χ4n) is 2.25. The van der Waals surface area contributed by atoms with Gasteiger partial charge in [0.2, 0.25) is 0 Å². The number of rotatable bonds is 2. The quantitative estimate of drug-likeness (QED) is 0.809. The molecule has 2 heterocycles. The number of nitrogens with two attached hydrogens (primary N) is 1. The molecule has 18 heavy (non-hydrogen) atoms. The standard InChI is InChI=1S/C13H20N4O/c1-9(2)12-8-15-5-6-17(12)13(18)11-4-3-10(14)7-16-11/h3-4,7,9,12,15H,5-6,8,14H2,1-2H3. The van der Waals surface area contributed by atoms with E-state index >= 15 is 0 Å². The number of piperazine rings is 1. The number of carbonyl (C=O) groups is 1. The van der Waals surface area contributed by atoms with E-state index in [4.69, 9.17) is 5.73 Å². The summed E-state index contributed by atoms with van der Waals surface area (Å²) in [4.78, 5) is 18.4. The molecule has 1 aromatic heterocycles. The van der Waals surface area contributed by atoms with E-state index in [1.807, 2.05) is 4.90 Å². The van der Waals surface area contributed by atoms with E-state index in [1.54, 1.807) is 12.1 Å². The van der Waals surface area contributed by atoms with Crippen molar-refractivity contribution in [3.05, 3.63) is 24.0 Å². The molecule has 2 rings (SSSR count). The van der Waals surface area contributed by atoms with Crippen LogP contribution in [0.5, 0.6) is 0 Å². The Hall–Kier alpha value is -1.62. The largest absolute Gasteiger partial charge is 0.397 e. The highest BCUT2D eigenvalue weighted by Crippen LogP contribution is 2.16. The summed E-state index contributed by atoms with van der Waals surface area (Å²) in [6.45, 7) is 6.68. The molecule has 1 atom stereocenters. The third kappa shape index (κ3) is 2.61. The van der Waals surface area contributed by atoms with Gasteiger partial charge in [0.15, 0.2) is 0 Å². The lowest BCUT2D eigenvalue weighted by atomic mass is 10.00. The molecule has 0 aromatic carbocycles. The fourth-order valence-corrected chi connectivity index (χ4v) is 2.25. The van der Waals surface area contributed by atoms with E-state index in [0.717, 1.165) is 19.6 Å². The van der Waals surface area contributed by atoms with Gasteiger partial charge in [0.1, 0.15) is 5.69 Å². The van der Waals surface area contributed by atoms with Crippen LogP contribution in [-0.4, -0.2) is 41.5 Å². The van der Waals surface area contributed by atoms with Gasteiger partial charge in [0.05, 0.1) is 11.9 Å². The van der Waals surface area contributed by atoms with Crippen LogP contribution in [0.15, 0.2) is 18.3 Å². The van der Waals surface area contributed by atoms with E-state index in [9.17, 15) is 4.79 Å². The zero-order chi connectivity index (χ0) is 13.1. The number of pyridine rings is 1. The molecule has 1 aliphatic heterocycles. The first kappa shape index (κ1) is 12.8. The van der Waals surface area contributed by atoms with Gasteiger partial charge in [0.25, 0.3) is 5.91 Å². The predicted octanol–water partition coefficient (Wildman–Crippen LogP) is 0.734. The van der Waals surface area contributed by atoms with Gasteiger partial charge in [0, 0.05) is 25.7 Å². The zero-order valence-electron chi connectivity index (χ0n) is 10.9. The number of nitrogen functional groups attached to an aromatic ring is 1. The van der Waals surface area contributed by atoms with Crippen LogP contribution in [0.3, 0.4) is 0 Å². The maximum absolute atomic E-state index is 12.4. The summed E-state index contributed by atoms with van der Waals surface area (Å²) < 4.78 is 0. The van der Waals surface area contributed by atoms with Gasteiger partial charge in [-0.3, -0.25) is 4.79 Å². The molecule has 98 valence electrons. The van der Waals surface area contributed by atoms with Crippen molar-refractivity contribution in [1.82, 2.24) is 15.2 Å². The average Bonchev–Trinajstić information content (AvgIpc) is 2.39. The summed E-state index contributed by atoms with van der Waals surface area (Å²) in [5.41, 5.74) is 6.63. The second-order valence-electron chi connectivity index (χ2n) is 4.99. The van der Waals surface area contributed by atoms with Gasteiger partial charge < -0.3 is 16.0 Å². The Kier molecular flexibility index (Phi) is 3.81. The number of amides is 1. The van der Waals surface area contributed by atoms with Gasteiger partial charge in [-0.25, -0.2) is 4.98 Å². The Morgan fingerprint density at radius 3 is 2.94 bits per heavy atom. The van der Waals surface area contributed by atoms with Crippen LogP contribution in [0.2, 0.25) is 0 Å². The van der Waals surface area contributed by atoms with Gasteiger partial charge >= 0.3 is 0 Å². The monoisotopic (exact) mass is 248 g/mol. The molecule has 1 unspecified atom stereocenters. The number of carbonyl (C=O) groups excluding carboxylic acids is 1. The summed E-state index contributed by atoms with van der Waals surface area (Å²) in [6, 6.07) is 3.63. The molecule has 1 fully saturated rings. The number of hydrogen-bond acceptors (Lipinski definition) is 4. The lowest BCUT2D eigenvalue weighted by molar-refractivity contribution is 0.0567. The van der Waals surface area contributed by atoms with Crippen molar-refractivity contribution in [3.63, 3.8) is 0 Å². The van der Waals surface area contributed by atoms with Gasteiger partial charge in [-0.15, -0.1) is 0 Å². The molecular weight excluding hydrogens is 228 g/mol. The molecule has 1 aliphatic rings. The second-order valence-corrected chi connectivity index (χ2v) is 4.99. The highest BCUT2D eigenvalue weighted by atomic mass is 16.2. The normalized spacial score (nSPS) is 20.2. The van der Waals surface area contributed by atoms with E-state index < -0.39 is 0 Å². The Labute approximate surface area is 107 Å². The smallest absolute Gasteiger partial charge is 0.272 e. The predicted molar refractivity (Wildman–Crippen MR) is 71.2 cm³/mol. The summed E-state index contributed by atoms with van der Waals surface area (Å²) >= 11 is 0. The number of nitrogens with zero attached hydrogens (tertiary/aromatic N) is 2. The molecular formula is C13H20N4O. The molecule has 0 aliphatic carbocycles. The topological polar surface area (TPSA) is 71.2 Å². The van der Waals surface area contributed by atoms with Crippen molar-refractivity contribution in [1.29, 1.82) is 0 Å². The van der Waals surface area contributed by atoms with Crippen molar-refractivity contribution in [2.75, 3.05) is 25.4 Å². The Morgan fingerprint density at radius 2 is 2.33 bits per heavy atom. The highest BCUT2D eigenvalue weighted by Gasteiger charge is 2.29. The molecule has 0 radical (unpaired) electrons. The van der Waals surface area contributed by atoms with Crippen molar-refractivity contribution in [2.24, 2.45) is 5.92 Å². The van der Waals surface area contributed by atoms with E-state index in [0.29, 0.717) is 17.3 Å². The van der Waals surface area contributed by atoms with Crippen LogP contribution in [0.25, 0.3) is 0 Å². The molecule has 5 heteroatoms. The molecule has 1 aromatic rings. The van der Waals surface area contributed by atoms with E-state index in [-0.39, 0.29) is 11.9 Å². The van der Waals surface area contributed by atoms with Gasteiger partial charge in [-0.2, -0.15) is 0 Å². The second kappa shape index (κ2) is 5.35. The first-order chi connectivity index (χ1) is 8.59. The first-order valence-corrected chi connectivity index (χ1v) is 6.33. The average molecular weight is 248 g/mol. The molecule has 1 amide bonds. The summed E-state index contributed by atoms with van der Waals surface area (Å²) in [5.74, 6) is 0.422. The van der Waals surface area contributed by atoms with Crippen LogP contribution in [0.4, 0.5) is 5.69 Å². The van der Waals surface area contributed by atoms with Crippen LogP contribution < -0.4 is 11.1 Å². The summed E-state index contributed by atoms with van der Waals surface area (Å²) in [6.07, 6.45) is 1.53. The fraction of sp³-hybridized carbons (Fsp3) is 0.538. The molecule has 1 saturated heterocycles. The number of nitrogens with one attached hydrogen (secondary N) is 1. The van der Waals surface area contributed by atoms with Crippen LogP contribution in [0.1, 0.15) is 24.3 Å². The lowest BCUT2D eigenvalue weighted by Gasteiger charge is -2.38. The van der Waals surface area contributed by atoms with Crippen molar-refractivity contribution < 1.29 is 4.79 Å². The van der Waals surface area contributed by atoms with Gasteiger partial charge in [-0.05, 0) is 18.1 Å². The maximum Gasteiger partial charge on any atom is 0.272 e. The number of anilines is 1. The van der Waals surface area contributed by atoms with Gasteiger partial charge in [-0.1, -0.05) is 13.8 Å². The minimum Gasteiger partial charge on any atom is -0.397 e. The summed E-state index contributed by atoms with van der Waals surface area (Å²) in [5, 5.41) is 3.33. The van der Waals surface area contributed by atoms with Crippen LogP contribution in [-0.2, 0) is 0 Å². The molecule has 0 bridgehead atoms. The third-order valence-corrected chi connectivity index (χ3v) is 3.32. The molecule has 5 nitrogen and oxygen atoms in total. The van der Waals surface area contributed by atoms with E-state index in [2.05, 4.69) is 24.1 Å². The minimum absolute atomic E-state index is 0.00444. The van der Waals surface area contributed by atoms with Crippen LogP contribution in [0, 0.1) is 5.92 Å². The van der Waals surface area contributed by atoms with E-state index in [1.165, 1.54) is 6.20 Å². The Balaban J connectivity index is 2.18. The molecule has 3 N–H and O–H groups in total. The van der Waals surface area contributed by atoms with Crippen molar-refractivity contribution in [2.45, 2.75) is 19.9 Å². The zero-order valence-corrected chi connectivity index (χ0v) is 10.9. The Bertz CT molecular complexity index is 416. The minimum atomic E-state index is -0.00444. The highest BCUT2D eigenvalue weighted by molar-refractivity contribution is 5.92. The van der Waals surface area contributed by atoms with Crippen molar-refractivity contribution >= 4 is 11.6 Å². The maximum atomic E-state index is 12.4. The SMILES string of the molecule is CC(C)C1CNCCN1C(=O)c1ccc(N)cn1. The molecule has 0 saturated carbocycles. The number of hydrogen-bond donors (Lipinski definition) is 2. The van der Waals surface area contributed by atoms with Crippen LogP contribution >= 0.6 is 0 Å². The first-order valence-electron chi connectivity index (χ1n) is 6.33. The summed E-state index contributed by atoms with van der Waals surface area (Å²) in [7, 11) is 0. The lowest BCUT2D eigenvalue weighted by Crippen LogP contribution is -2.55. The van der Waals surface area contributed by atoms with Crippen molar-refractivity contribution in [3.8, 4) is 0 Å². The molecule has 0 spiro atoms. The third-order valence-electron chi connectivity index (χ3n) is 3.32. The Morgan fingerprint density at radius 1 is 1.56 bits per heavy atom. The number of aromatic nitrogens is 1.